The third-order valence-electron chi connectivity index (χ3n) is 4.59. The second-order valence-electron chi connectivity index (χ2n) is 6.51. The summed E-state index contributed by atoms with van der Waals surface area (Å²) >= 11 is 1.19. The summed E-state index contributed by atoms with van der Waals surface area (Å²) in [5, 5.41) is 19.6. The number of hydrogen-bond acceptors (Lipinski definition) is 8. The summed E-state index contributed by atoms with van der Waals surface area (Å²) in [7, 11) is -4.06. The van der Waals surface area contributed by atoms with Crippen molar-refractivity contribution in [1.82, 2.24) is 9.66 Å². The predicted octanol–water partition coefficient (Wildman–Crippen LogP) is 2.61. The largest absolute Gasteiger partial charge is 0.505 e. The van der Waals surface area contributed by atoms with Gasteiger partial charge in [-0.2, -0.15) is 18.2 Å². The van der Waals surface area contributed by atoms with E-state index in [9.17, 15) is 18.3 Å². The van der Waals surface area contributed by atoms with Crippen LogP contribution in [0.5, 0.6) is 5.75 Å². The summed E-state index contributed by atoms with van der Waals surface area (Å²) in [6.07, 6.45) is 3.00. The first-order valence-electron chi connectivity index (χ1n) is 8.98. The molecule has 0 amide bonds. The lowest BCUT2D eigenvalue weighted by atomic mass is 10.2. The Kier molecular flexibility index (Phi) is 4.41. The number of hydrogen-bond donors (Lipinski definition) is 2. The van der Waals surface area contributed by atoms with Crippen LogP contribution in [0.4, 0.5) is 5.69 Å². The van der Waals surface area contributed by atoms with Crippen LogP contribution in [0.1, 0.15) is 11.3 Å². The number of anilines is 1. The lowest BCUT2D eigenvalue weighted by molar-refractivity contribution is 0.479. The lowest BCUT2D eigenvalue weighted by Gasteiger charge is -2.18. The molecule has 5 rings (SSSR count). The molecule has 11 heteroatoms. The van der Waals surface area contributed by atoms with Crippen molar-refractivity contribution in [3.63, 3.8) is 0 Å². The molecule has 0 saturated heterocycles. The first kappa shape index (κ1) is 19.2. The number of benzene rings is 1. The van der Waals surface area contributed by atoms with E-state index in [1.807, 2.05) is 0 Å². The van der Waals surface area contributed by atoms with E-state index < -0.39 is 15.6 Å². The zero-order valence-electron chi connectivity index (χ0n) is 15.6. The molecular weight excluding hydrogens is 438 g/mol. The van der Waals surface area contributed by atoms with Gasteiger partial charge in [-0.25, -0.2) is 0 Å². The molecule has 0 fully saturated rings. The molecular formula is C20H13N5O4S2. The first-order valence-corrected chi connectivity index (χ1v) is 11.3. The maximum absolute atomic E-state index is 13.3. The fraction of sp³-hybridized carbons (Fsp3) is 0. The number of fused-ring (bicyclic) bond motifs is 2. The van der Waals surface area contributed by atoms with E-state index in [4.69, 9.17) is 0 Å². The molecule has 1 aliphatic rings. The molecule has 154 valence electrons. The number of nitrogens with zero attached hydrogens (tertiary/aromatic N) is 4. The van der Waals surface area contributed by atoms with Gasteiger partial charge in [0.1, 0.15) is 10.5 Å². The number of pyridine rings is 2. The van der Waals surface area contributed by atoms with Gasteiger partial charge in [-0.1, -0.05) is 18.2 Å². The minimum absolute atomic E-state index is 0.0102. The summed E-state index contributed by atoms with van der Waals surface area (Å²) in [4.78, 5) is 17.4. The fourth-order valence-electron chi connectivity index (χ4n) is 3.20. The molecule has 3 aromatic heterocycles. The SMILES string of the molecule is O=c1c(C2=NS(=O)(=O)c3ccccc3N2)c(O)c2sccc2n1N=Cc1ccccn1. The quantitative estimate of drug-likeness (QED) is 0.461. The van der Waals surface area contributed by atoms with E-state index in [2.05, 4.69) is 19.8 Å². The zero-order chi connectivity index (χ0) is 21.6. The van der Waals surface area contributed by atoms with Crippen LogP contribution in [0.3, 0.4) is 0 Å². The van der Waals surface area contributed by atoms with Crippen LogP contribution in [0.15, 0.2) is 79.3 Å². The van der Waals surface area contributed by atoms with Crippen LogP contribution >= 0.6 is 11.3 Å². The summed E-state index contributed by atoms with van der Waals surface area (Å²) in [5.41, 5.74) is 0.156. The maximum Gasteiger partial charge on any atom is 0.286 e. The maximum atomic E-state index is 13.3. The molecule has 0 saturated carbocycles. The number of para-hydroxylation sites is 1. The fourth-order valence-corrected chi connectivity index (χ4v) is 5.14. The van der Waals surface area contributed by atoms with Crippen LogP contribution in [0, 0.1) is 0 Å². The normalized spacial score (nSPS) is 14.9. The summed E-state index contributed by atoms with van der Waals surface area (Å²) in [6, 6.07) is 13.1. The van der Waals surface area contributed by atoms with Crippen molar-refractivity contribution < 1.29 is 13.5 Å². The molecule has 2 N–H and O–H groups in total. The number of nitrogens with one attached hydrogen (secondary N) is 1. The topological polar surface area (TPSA) is 126 Å². The Hall–Kier alpha value is -3.83. The van der Waals surface area contributed by atoms with Gasteiger partial charge in [-0.15, -0.1) is 15.7 Å². The second-order valence-corrected chi connectivity index (χ2v) is 9.00. The third-order valence-corrected chi connectivity index (χ3v) is 6.84. The molecule has 0 aliphatic carbocycles. The highest BCUT2D eigenvalue weighted by atomic mass is 32.2. The summed E-state index contributed by atoms with van der Waals surface area (Å²) in [6.45, 7) is 0. The van der Waals surface area contributed by atoms with Crippen molar-refractivity contribution in [3.8, 4) is 5.75 Å². The van der Waals surface area contributed by atoms with E-state index >= 15 is 0 Å². The van der Waals surface area contributed by atoms with Crippen molar-refractivity contribution in [2.24, 2.45) is 9.50 Å². The Morgan fingerprint density at radius 3 is 2.74 bits per heavy atom. The molecule has 4 heterocycles. The Morgan fingerprint density at radius 2 is 1.94 bits per heavy atom. The number of thiophene rings is 1. The molecule has 1 aromatic carbocycles. The number of amidine groups is 1. The molecule has 0 radical (unpaired) electrons. The number of aromatic hydroxyl groups is 1. The average molecular weight is 451 g/mol. The molecule has 31 heavy (non-hydrogen) atoms. The zero-order valence-corrected chi connectivity index (χ0v) is 17.3. The van der Waals surface area contributed by atoms with Gasteiger partial charge >= 0.3 is 0 Å². The van der Waals surface area contributed by atoms with Crippen molar-refractivity contribution in [2.75, 3.05) is 5.32 Å². The van der Waals surface area contributed by atoms with Crippen LogP contribution in [0.2, 0.25) is 0 Å². The molecule has 1 aliphatic heterocycles. The highest BCUT2D eigenvalue weighted by molar-refractivity contribution is 7.90. The van der Waals surface area contributed by atoms with Crippen LogP contribution in [-0.2, 0) is 10.0 Å². The van der Waals surface area contributed by atoms with E-state index in [0.717, 1.165) is 4.68 Å². The van der Waals surface area contributed by atoms with Gasteiger partial charge in [0.25, 0.3) is 15.6 Å². The van der Waals surface area contributed by atoms with Crippen LogP contribution in [-0.4, -0.2) is 35.2 Å². The molecule has 9 nitrogen and oxygen atoms in total. The highest BCUT2D eigenvalue weighted by Gasteiger charge is 2.30. The Labute approximate surface area is 179 Å². The Balaban J connectivity index is 1.73. The van der Waals surface area contributed by atoms with Gasteiger partial charge in [-0.05, 0) is 35.7 Å². The Bertz CT molecular complexity index is 1550. The van der Waals surface area contributed by atoms with E-state index in [1.165, 1.54) is 23.6 Å². The van der Waals surface area contributed by atoms with Crippen LogP contribution < -0.4 is 10.9 Å². The van der Waals surface area contributed by atoms with Gasteiger partial charge < -0.3 is 10.4 Å². The molecule has 0 atom stereocenters. The molecule has 0 spiro atoms. The highest BCUT2D eigenvalue weighted by Crippen LogP contribution is 2.34. The summed E-state index contributed by atoms with van der Waals surface area (Å²) in [5.74, 6) is -0.626. The van der Waals surface area contributed by atoms with Crippen molar-refractivity contribution in [1.29, 1.82) is 0 Å². The van der Waals surface area contributed by atoms with Gasteiger partial charge in [0.2, 0.25) is 0 Å². The Morgan fingerprint density at radius 1 is 1.13 bits per heavy atom. The molecule has 0 bridgehead atoms. The number of rotatable bonds is 3. The second kappa shape index (κ2) is 7.15. The lowest BCUT2D eigenvalue weighted by Crippen LogP contribution is -2.31. The van der Waals surface area contributed by atoms with E-state index in [1.54, 1.807) is 54.0 Å². The standard InChI is InChI=1S/C20H13N5O4S2/c26-17-16(19-23-13-6-1-2-7-15(13)31(28,29)24-19)20(27)25(14-8-10-30-18(14)17)22-11-12-5-3-4-9-21-12/h1-11,26H,(H,23,24). The molecule has 4 aromatic rings. The number of aromatic nitrogens is 2. The predicted molar refractivity (Wildman–Crippen MR) is 119 cm³/mol. The van der Waals surface area contributed by atoms with Crippen molar-refractivity contribution in [3.05, 3.63) is 81.7 Å². The van der Waals surface area contributed by atoms with Gasteiger partial charge in [0.15, 0.2) is 11.6 Å². The summed E-state index contributed by atoms with van der Waals surface area (Å²) < 4.78 is 30.5. The van der Waals surface area contributed by atoms with Crippen LogP contribution in [0.25, 0.3) is 10.2 Å². The van der Waals surface area contributed by atoms with Gasteiger partial charge in [-0.3, -0.25) is 9.78 Å². The monoisotopic (exact) mass is 451 g/mol. The number of sulfonamides is 1. The average Bonchev–Trinajstić information content (AvgIpc) is 3.24. The van der Waals surface area contributed by atoms with Gasteiger partial charge in [0, 0.05) is 6.20 Å². The van der Waals surface area contributed by atoms with Gasteiger partial charge in [0.05, 0.1) is 27.8 Å². The minimum Gasteiger partial charge on any atom is -0.505 e. The van der Waals surface area contributed by atoms with Crippen molar-refractivity contribution >= 4 is 49.3 Å². The molecule has 0 unspecified atom stereocenters. The van der Waals surface area contributed by atoms with E-state index in [-0.39, 0.29) is 27.7 Å². The third kappa shape index (κ3) is 3.20. The minimum atomic E-state index is -4.06. The smallest absolute Gasteiger partial charge is 0.286 e. The van der Waals surface area contributed by atoms with Crippen molar-refractivity contribution in [2.45, 2.75) is 4.90 Å². The first-order chi connectivity index (χ1) is 15.0. The van der Waals surface area contributed by atoms with E-state index in [0.29, 0.717) is 15.9 Å².